The third kappa shape index (κ3) is 3.46. The van der Waals surface area contributed by atoms with Crippen molar-refractivity contribution in [2.45, 2.75) is 77.2 Å². The molecular formula is C27H34ClFO7. The molecule has 198 valence electrons. The maximum Gasteiger partial charge on any atom is 0.321 e. The summed E-state index contributed by atoms with van der Waals surface area (Å²) in [5.74, 6) is -4.26. The van der Waals surface area contributed by atoms with Crippen LogP contribution in [0.2, 0.25) is 0 Å². The van der Waals surface area contributed by atoms with E-state index in [1.165, 1.54) is 12.2 Å². The second-order valence-electron chi connectivity index (χ2n) is 11.2. The SMILES string of the molecule is CCC(=O)OCC(=O)[C@@]1(OC(=O)CCl)[C@@H](C)C[C@H]2[C@@H]3CCC4=CC(=O)C=C[C@]4(C)[C@]3(F)[C@@H](O)C[C@@]21C. The molecule has 4 aliphatic carbocycles. The van der Waals surface area contributed by atoms with E-state index in [-0.39, 0.29) is 18.6 Å². The lowest BCUT2D eigenvalue weighted by Gasteiger charge is -2.62. The summed E-state index contributed by atoms with van der Waals surface area (Å²) >= 11 is 5.76. The van der Waals surface area contributed by atoms with Gasteiger partial charge in [0, 0.05) is 29.1 Å². The first-order valence-electron chi connectivity index (χ1n) is 12.6. The maximum absolute atomic E-state index is 17.3. The molecule has 36 heavy (non-hydrogen) atoms. The van der Waals surface area contributed by atoms with E-state index in [1.807, 2.05) is 0 Å². The van der Waals surface area contributed by atoms with E-state index in [4.69, 9.17) is 21.1 Å². The fraction of sp³-hybridized carbons (Fsp3) is 0.704. The van der Waals surface area contributed by atoms with Crippen LogP contribution in [0.3, 0.4) is 0 Å². The van der Waals surface area contributed by atoms with Crippen LogP contribution < -0.4 is 0 Å². The normalized spacial score (nSPS) is 43.1. The standard InChI is InChI=1S/C27H34ClFO7/c1-5-22(33)35-14-21(32)27(36-23(34)13-28)15(2)10-19-18-7-6-16-11-17(30)8-9-24(16,3)26(18,29)20(31)12-25(19,27)4/h8-9,11,15,18-20,31H,5-7,10,12-14H2,1-4H3/t15-,18-,19-,20-,24-,25-,26+,27-/m0/s1. The van der Waals surface area contributed by atoms with Crippen LogP contribution in [-0.4, -0.2) is 58.5 Å². The fourth-order valence-electron chi connectivity index (χ4n) is 7.96. The lowest BCUT2D eigenvalue weighted by Crippen LogP contribution is -2.70. The van der Waals surface area contributed by atoms with Crippen molar-refractivity contribution in [1.82, 2.24) is 0 Å². The number of ketones is 2. The fourth-order valence-corrected chi connectivity index (χ4v) is 8.02. The molecule has 0 aromatic heterocycles. The highest BCUT2D eigenvalue weighted by Gasteiger charge is 2.77. The molecule has 0 radical (unpaired) electrons. The molecule has 3 saturated carbocycles. The summed E-state index contributed by atoms with van der Waals surface area (Å²) in [5.41, 5.74) is -5.47. The Hall–Kier alpha value is -2.06. The van der Waals surface area contributed by atoms with E-state index in [2.05, 4.69) is 0 Å². The molecule has 3 fully saturated rings. The highest BCUT2D eigenvalue weighted by Crippen LogP contribution is 2.71. The minimum atomic E-state index is -2.08. The number of hydrogen-bond acceptors (Lipinski definition) is 7. The molecule has 1 N–H and O–H groups in total. The number of allylic oxidation sites excluding steroid dienone is 4. The van der Waals surface area contributed by atoms with Gasteiger partial charge in [-0.1, -0.05) is 32.4 Å². The van der Waals surface area contributed by atoms with Gasteiger partial charge in [0.05, 0.1) is 6.10 Å². The number of alkyl halides is 2. The number of carbonyl (C=O) groups is 4. The second-order valence-corrected chi connectivity index (χ2v) is 11.4. The van der Waals surface area contributed by atoms with Crippen molar-refractivity contribution in [1.29, 1.82) is 0 Å². The van der Waals surface area contributed by atoms with Gasteiger partial charge in [-0.15, -0.1) is 11.6 Å². The Bertz CT molecular complexity index is 1050. The zero-order valence-corrected chi connectivity index (χ0v) is 21.9. The monoisotopic (exact) mass is 524 g/mol. The number of fused-ring (bicyclic) bond motifs is 5. The van der Waals surface area contributed by atoms with Crippen molar-refractivity contribution in [3.8, 4) is 0 Å². The Balaban J connectivity index is 1.80. The number of aliphatic hydroxyl groups is 1. The van der Waals surface area contributed by atoms with Gasteiger partial charge in [-0.05, 0) is 50.7 Å². The molecule has 8 atom stereocenters. The molecule has 0 unspecified atom stereocenters. The molecule has 4 rings (SSSR count). The maximum atomic E-state index is 17.3. The molecule has 0 heterocycles. The molecule has 0 amide bonds. The summed E-state index contributed by atoms with van der Waals surface area (Å²) in [5, 5.41) is 11.5. The minimum Gasteiger partial charge on any atom is -0.457 e. The summed E-state index contributed by atoms with van der Waals surface area (Å²) in [6.07, 6.45) is 4.04. The van der Waals surface area contributed by atoms with Crippen molar-refractivity contribution in [2.75, 3.05) is 12.5 Å². The number of Topliss-reactive ketones (excluding diaryl/α,β-unsaturated/α-hetero) is 1. The predicted octanol–water partition coefficient (Wildman–Crippen LogP) is 3.65. The van der Waals surface area contributed by atoms with E-state index in [9.17, 15) is 24.3 Å². The van der Waals surface area contributed by atoms with Crippen molar-refractivity contribution in [3.63, 3.8) is 0 Å². The Morgan fingerprint density at radius 3 is 2.56 bits per heavy atom. The Labute approximate surface area is 215 Å². The van der Waals surface area contributed by atoms with Gasteiger partial charge in [-0.3, -0.25) is 19.2 Å². The van der Waals surface area contributed by atoms with Crippen molar-refractivity contribution < 1.29 is 38.1 Å². The van der Waals surface area contributed by atoms with Gasteiger partial charge in [0.2, 0.25) is 5.78 Å². The number of carbonyl (C=O) groups excluding carboxylic acids is 4. The smallest absolute Gasteiger partial charge is 0.321 e. The molecule has 0 saturated heterocycles. The third-order valence-corrected chi connectivity index (χ3v) is 9.85. The molecule has 4 aliphatic rings. The lowest BCUT2D eigenvalue weighted by molar-refractivity contribution is -0.227. The van der Waals surface area contributed by atoms with Gasteiger partial charge < -0.3 is 14.6 Å². The molecule has 9 heteroatoms. The van der Waals surface area contributed by atoms with E-state index in [1.54, 1.807) is 33.8 Å². The van der Waals surface area contributed by atoms with E-state index in [0.29, 0.717) is 24.8 Å². The molecule has 0 aliphatic heterocycles. The average Bonchev–Trinajstić information content (AvgIpc) is 3.05. The average molecular weight is 525 g/mol. The zero-order chi connectivity index (χ0) is 26.7. The zero-order valence-electron chi connectivity index (χ0n) is 21.1. The lowest BCUT2D eigenvalue weighted by atomic mass is 9.44. The number of rotatable bonds is 6. The minimum absolute atomic E-state index is 0.0762. The molecular weight excluding hydrogens is 491 g/mol. The number of hydrogen-bond donors (Lipinski definition) is 1. The second kappa shape index (κ2) is 9.05. The summed E-state index contributed by atoms with van der Waals surface area (Å²) in [6, 6.07) is 0. The number of ether oxygens (including phenoxy) is 2. The van der Waals surface area contributed by atoms with Gasteiger partial charge >= 0.3 is 11.9 Å². The van der Waals surface area contributed by atoms with Gasteiger partial charge in [-0.2, -0.15) is 0 Å². The quantitative estimate of drug-likeness (QED) is 0.417. The van der Waals surface area contributed by atoms with Gasteiger partial charge in [0.15, 0.2) is 23.7 Å². The molecule has 0 aromatic rings. The van der Waals surface area contributed by atoms with E-state index < -0.39 is 76.2 Å². The van der Waals surface area contributed by atoms with Crippen LogP contribution in [0.1, 0.15) is 59.8 Å². The molecule has 0 spiro atoms. The van der Waals surface area contributed by atoms with E-state index >= 15 is 4.39 Å². The Kier molecular flexibility index (Phi) is 6.78. The number of esters is 2. The van der Waals surface area contributed by atoms with Crippen LogP contribution in [0.15, 0.2) is 23.8 Å². The van der Waals surface area contributed by atoms with Crippen molar-refractivity contribution in [2.24, 2.45) is 28.6 Å². The van der Waals surface area contributed by atoms with E-state index in [0.717, 1.165) is 0 Å². The van der Waals surface area contributed by atoms with Gasteiger partial charge in [-0.25, -0.2) is 4.39 Å². The first-order chi connectivity index (χ1) is 16.8. The molecule has 0 aromatic carbocycles. The predicted molar refractivity (Wildman–Crippen MR) is 129 cm³/mol. The Morgan fingerprint density at radius 2 is 1.92 bits per heavy atom. The third-order valence-electron chi connectivity index (χ3n) is 9.63. The van der Waals surface area contributed by atoms with Crippen LogP contribution in [0.25, 0.3) is 0 Å². The molecule has 0 bridgehead atoms. The van der Waals surface area contributed by atoms with Crippen LogP contribution in [0.4, 0.5) is 4.39 Å². The van der Waals surface area contributed by atoms with Crippen molar-refractivity contribution in [3.05, 3.63) is 23.8 Å². The highest BCUT2D eigenvalue weighted by atomic mass is 35.5. The summed E-state index contributed by atoms with van der Waals surface area (Å²) in [4.78, 5) is 50.1. The van der Waals surface area contributed by atoms with Gasteiger partial charge in [0.25, 0.3) is 0 Å². The van der Waals surface area contributed by atoms with Crippen LogP contribution in [-0.2, 0) is 28.7 Å². The number of aliphatic hydroxyl groups excluding tert-OH is 1. The van der Waals surface area contributed by atoms with Crippen molar-refractivity contribution >= 4 is 35.1 Å². The topological polar surface area (TPSA) is 107 Å². The Morgan fingerprint density at radius 1 is 1.22 bits per heavy atom. The first-order valence-corrected chi connectivity index (χ1v) is 13.1. The number of halogens is 2. The summed E-state index contributed by atoms with van der Waals surface area (Å²) < 4.78 is 28.3. The molecule has 7 nitrogen and oxygen atoms in total. The largest absolute Gasteiger partial charge is 0.457 e. The summed E-state index contributed by atoms with van der Waals surface area (Å²) in [7, 11) is 0. The van der Waals surface area contributed by atoms with Crippen LogP contribution in [0, 0.1) is 28.6 Å². The first kappa shape index (κ1) is 27.0. The van der Waals surface area contributed by atoms with Crippen LogP contribution in [0.5, 0.6) is 0 Å². The highest BCUT2D eigenvalue weighted by molar-refractivity contribution is 6.26. The van der Waals surface area contributed by atoms with Gasteiger partial charge in [0.1, 0.15) is 5.88 Å². The summed E-state index contributed by atoms with van der Waals surface area (Å²) in [6.45, 7) is 6.26. The van der Waals surface area contributed by atoms with Crippen LogP contribution >= 0.6 is 11.6 Å².